The van der Waals surface area contributed by atoms with E-state index in [1.807, 2.05) is 25.1 Å². The van der Waals surface area contributed by atoms with Crippen molar-refractivity contribution >= 4 is 11.7 Å². The van der Waals surface area contributed by atoms with E-state index in [9.17, 15) is 4.79 Å². The Bertz CT molecular complexity index is 406. The summed E-state index contributed by atoms with van der Waals surface area (Å²) in [5.74, 6) is 1.08. The van der Waals surface area contributed by atoms with Crippen molar-refractivity contribution in [1.29, 1.82) is 0 Å². The minimum absolute atomic E-state index is 0.0180. The van der Waals surface area contributed by atoms with Gasteiger partial charge in [0.1, 0.15) is 0 Å². The maximum atomic E-state index is 11.1. The molecule has 0 saturated heterocycles. The molecule has 5 nitrogen and oxygen atoms in total. The SMILES string of the molecule is COC(=O)CC(C)Nc1ccc(OC)c(OC)c1. The van der Waals surface area contributed by atoms with E-state index in [2.05, 4.69) is 10.1 Å². The second kappa shape index (κ2) is 6.74. The molecule has 0 saturated carbocycles. The number of ether oxygens (including phenoxy) is 3. The molecule has 1 atom stereocenters. The second-order valence-corrected chi connectivity index (χ2v) is 3.90. The molecule has 0 aliphatic heterocycles. The van der Waals surface area contributed by atoms with Crippen molar-refractivity contribution in [2.75, 3.05) is 26.6 Å². The van der Waals surface area contributed by atoms with Gasteiger partial charge < -0.3 is 19.5 Å². The van der Waals surface area contributed by atoms with E-state index in [4.69, 9.17) is 9.47 Å². The van der Waals surface area contributed by atoms with Crippen LogP contribution in [0.25, 0.3) is 0 Å². The quantitative estimate of drug-likeness (QED) is 0.786. The van der Waals surface area contributed by atoms with Crippen molar-refractivity contribution in [2.45, 2.75) is 19.4 Å². The lowest BCUT2D eigenvalue weighted by molar-refractivity contribution is -0.140. The first-order valence-corrected chi connectivity index (χ1v) is 5.66. The molecule has 0 aromatic heterocycles. The number of esters is 1. The smallest absolute Gasteiger partial charge is 0.307 e. The summed E-state index contributed by atoms with van der Waals surface area (Å²) in [6.45, 7) is 1.91. The Morgan fingerprint density at radius 2 is 1.89 bits per heavy atom. The van der Waals surface area contributed by atoms with Crippen molar-refractivity contribution < 1.29 is 19.0 Å². The summed E-state index contributed by atoms with van der Waals surface area (Å²) in [5.41, 5.74) is 0.865. The number of carbonyl (C=O) groups excluding carboxylic acids is 1. The normalized spacial score (nSPS) is 11.6. The van der Waals surface area contributed by atoms with Crippen molar-refractivity contribution in [3.05, 3.63) is 18.2 Å². The van der Waals surface area contributed by atoms with Gasteiger partial charge >= 0.3 is 5.97 Å². The van der Waals surface area contributed by atoms with Gasteiger partial charge in [-0.25, -0.2) is 0 Å². The molecular formula is C13H19NO4. The molecule has 0 bridgehead atoms. The fraction of sp³-hybridized carbons (Fsp3) is 0.462. The van der Waals surface area contributed by atoms with Crippen LogP contribution in [0.3, 0.4) is 0 Å². The largest absolute Gasteiger partial charge is 0.493 e. The molecule has 0 spiro atoms. The number of rotatable bonds is 6. The van der Waals surface area contributed by atoms with Gasteiger partial charge in [-0.05, 0) is 19.1 Å². The van der Waals surface area contributed by atoms with E-state index < -0.39 is 0 Å². The topological polar surface area (TPSA) is 56.8 Å². The van der Waals surface area contributed by atoms with Crippen LogP contribution >= 0.6 is 0 Å². The van der Waals surface area contributed by atoms with Gasteiger partial charge in [-0.2, -0.15) is 0 Å². The van der Waals surface area contributed by atoms with Crippen LogP contribution in [0.1, 0.15) is 13.3 Å². The fourth-order valence-corrected chi connectivity index (χ4v) is 1.59. The summed E-state index contributed by atoms with van der Waals surface area (Å²) in [5, 5.41) is 3.20. The molecule has 1 rings (SSSR count). The van der Waals surface area contributed by atoms with E-state index >= 15 is 0 Å². The molecule has 1 N–H and O–H groups in total. The number of methoxy groups -OCH3 is 3. The van der Waals surface area contributed by atoms with Crippen LogP contribution in [0.4, 0.5) is 5.69 Å². The number of anilines is 1. The van der Waals surface area contributed by atoms with Gasteiger partial charge in [-0.1, -0.05) is 0 Å². The third kappa shape index (κ3) is 3.84. The van der Waals surface area contributed by atoms with Crippen molar-refractivity contribution in [3.63, 3.8) is 0 Å². The Labute approximate surface area is 107 Å². The minimum Gasteiger partial charge on any atom is -0.493 e. The first-order chi connectivity index (χ1) is 8.60. The Kier molecular flexibility index (Phi) is 5.30. The molecule has 1 unspecified atom stereocenters. The number of benzene rings is 1. The predicted molar refractivity (Wildman–Crippen MR) is 69.3 cm³/mol. The van der Waals surface area contributed by atoms with Gasteiger partial charge in [0.15, 0.2) is 11.5 Å². The number of hydrogen-bond acceptors (Lipinski definition) is 5. The third-order valence-electron chi connectivity index (χ3n) is 2.50. The van der Waals surface area contributed by atoms with Gasteiger partial charge in [0, 0.05) is 17.8 Å². The summed E-state index contributed by atoms with van der Waals surface area (Å²) >= 11 is 0. The maximum absolute atomic E-state index is 11.1. The summed E-state index contributed by atoms with van der Waals surface area (Å²) in [6, 6.07) is 5.49. The van der Waals surface area contributed by atoms with Crippen molar-refractivity contribution in [2.24, 2.45) is 0 Å². The second-order valence-electron chi connectivity index (χ2n) is 3.90. The van der Waals surface area contributed by atoms with E-state index in [1.165, 1.54) is 7.11 Å². The Morgan fingerprint density at radius 1 is 1.22 bits per heavy atom. The van der Waals surface area contributed by atoms with Crippen LogP contribution in [0.5, 0.6) is 11.5 Å². The van der Waals surface area contributed by atoms with E-state index in [-0.39, 0.29) is 12.0 Å². The van der Waals surface area contributed by atoms with E-state index in [0.29, 0.717) is 17.9 Å². The monoisotopic (exact) mass is 253 g/mol. The zero-order valence-electron chi connectivity index (χ0n) is 11.1. The molecule has 0 heterocycles. The summed E-state index contributed by atoms with van der Waals surface area (Å²) in [6.07, 6.45) is 0.310. The molecule has 18 heavy (non-hydrogen) atoms. The molecule has 0 radical (unpaired) electrons. The fourth-order valence-electron chi connectivity index (χ4n) is 1.59. The Balaban J connectivity index is 2.70. The lowest BCUT2D eigenvalue weighted by Gasteiger charge is -2.15. The first kappa shape index (κ1) is 14.2. The average Bonchev–Trinajstić information content (AvgIpc) is 2.38. The highest BCUT2D eigenvalue weighted by Crippen LogP contribution is 2.30. The molecule has 0 aliphatic carbocycles. The van der Waals surface area contributed by atoms with Gasteiger partial charge in [0.25, 0.3) is 0 Å². The zero-order valence-corrected chi connectivity index (χ0v) is 11.1. The molecule has 1 aromatic carbocycles. The zero-order chi connectivity index (χ0) is 13.5. The third-order valence-corrected chi connectivity index (χ3v) is 2.50. The molecule has 0 amide bonds. The van der Waals surface area contributed by atoms with Crippen LogP contribution < -0.4 is 14.8 Å². The maximum Gasteiger partial charge on any atom is 0.307 e. The van der Waals surface area contributed by atoms with Crippen LogP contribution in [-0.4, -0.2) is 33.3 Å². The standard InChI is InChI=1S/C13H19NO4/c1-9(7-13(15)18-4)14-10-5-6-11(16-2)12(8-10)17-3/h5-6,8-9,14H,7H2,1-4H3. The van der Waals surface area contributed by atoms with E-state index in [0.717, 1.165) is 5.69 Å². The molecular weight excluding hydrogens is 234 g/mol. The lowest BCUT2D eigenvalue weighted by atomic mass is 10.2. The highest BCUT2D eigenvalue weighted by molar-refractivity contribution is 5.70. The van der Waals surface area contributed by atoms with Crippen LogP contribution in [0.2, 0.25) is 0 Å². The number of hydrogen-bond donors (Lipinski definition) is 1. The van der Waals surface area contributed by atoms with E-state index in [1.54, 1.807) is 14.2 Å². The average molecular weight is 253 g/mol. The van der Waals surface area contributed by atoms with Crippen molar-refractivity contribution in [1.82, 2.24) is 0 Å². The van der Waals surface area contributed by atoms with Gasteiger partial charge in [-0.15, -0.1) is 0 Å². The van der Waals surface area contributed by atoms with Gasteiger partial charge in [0.2, 0.25) is 0 Å². The highest BCUT2D eigenvalue weighted by Gasteiger charge is 2.10. The summed E-state index contributed by atoms with van der Waals surface area (Å²) < 4.78 is 15.0. The molecule has 5 heteroatoms. The van der Waals surface area contributed by atoms with Crippen molar-refractivity contribution in [3.8, 4) is 11.5 Å². The highest BCUT2D eigenvalue weighted by atomic mass is 16.5. The van der Waals surface area contributed by atoms with Gasteiger partial charge in [0.05, 0.1) is 27.8 Å². The van der Waals surface area contributed by atoms with Crippen LogP contribution in [0, 0.1) is 0 Å². The van der Waals surface area contributed by atoms with Gasteiger partial charge in [-0.3, -0.25) is 4.79 Å². The first-order valence-electron chi connectivity index (χ1n) is 5.66. The Morgan fingerprint density at radius 3 is 2.44 bits per heavy atom. The minimum atomic E-state index is -0.240. The molecule has 0 aliphatic rings. The molecule has 1 aromatic rings. The predicted octanol–water partition coefficient (Wildman–Crippen LogP) is 2.07. The number of nitrogens with one attached hydrogen (secondary N) is 1. The Hall–Kier alpha value is -1.91. The molecule has 100 valence electrons. The van der Waals surface area contributed by atoms with Crippen LogP contribution in [-0.2, 0) is 9.53 Å². The summed E-state index contributed by atoms with van der Waals surface area (Å²) in [4.78, 5) is 11.1. The van der Waals surface area contributed by atoms with Crippen LogP contribution in [0.15, 0.2) is 18.2 Å². The summed E-state index contributed by atoms with van der Waals surface area (Å²) in [7, 11) is 4.55. The molecule has 0 fully saturated rings. The lowest BCUT2D eigenvalue weighted by Crippen LogP contribution is -2.20. The number of carbonyl (C=O) groups is 1.